The Balaban J connectivity index is 1.69. The molecular formula is C16H23N3O3. The number of nitro benzene ring substituents is 1. The Morgan fingerprint density at radius 2 is 2.05 bits per heavy atom. The van der Waals surface area contributed by atoms with Gasteiger partial charge >= 0.3 is 0 Å². The highest BCUT2D eigenvalue weighted by Gasteiger charge is 2.15. The van der Waals surface area contributed by atoms with Gasteiger partial charge in [0.05, 0.1) is 4.92 Å². The van der Waals surface area contributed by atoms with E-state index in [-0.39, 0.29) is 16.5 Å². The number of piperidine rings is 1. The van der Waals surface area contributed by atoms with Crippen molar-refractivity contribution in [3.63, 3.8) is 0 Å². The van der Waals surface area contributed by atoms with Gasteiger partial charge in [-0.25, -0.2) is 0 Å². The number of rotatable bonds is 7. The molecule has 0 aromatic heterocycles. The van der Waals surface area contributed by atoms with Gasteiger partial charge in [-0.1, -0.05) is 18.2 Å². The summed E-state index contributed by atoms with van der Waals surface area (Å²) >= 11 is 0. The van der Waals surface area contributed by atoms with Crippen molar-refractivity contribution in [2.45, 2.75) is 32.1 Å². The predicted octanol–water partition coefficient (Wildman–Crippen LogP) is 2.03. The highest BCUT2D eigenvalue weighted by Crippen LogP contribution is 2.18. The van der Waals surface area contributed by atoms with Crippen LogP contribution in [-0.4, -0.2) is 30.5 Å². The molecule has 1 heterocycles. The van der Waals surface area contributed by atoms with Gasteiger partial charge in [0.15, 0.2) is 0 Å². The SMILES string of the molecule is O=C(CCC1CCNCC1)NCCc1ccccc1[N+](=O)[O-]. The number of carbonyl (C=O) groups is 1. The van der Waals surface area contributed by atoms with E-state index in [1.165, 1.54) is 6.07 Å². The summed E-state index contributed by atoms with van der Waals surface area (Å²) in [4.78, 5) is 22.4. The smallest absolute Gasteiger partial charge is 0.272 e. The summed E-state index contributed by atoms with van der Waals surface area (Å²) < 4.78 is 0. The zero-order valence-electron chi connectivity index (χ0n) is 12.7. The average Bonchev–Trinajstić information content (AvgIpc) is 2.54. The van der Waals surface area contributed by atoms with Gasteiger partial charge < -0.3 is 10.6 Å². The van der Waals surface area contributed by atoms with E-state index >= 15 is 0 Å². The highest BCUT2D eigenvalue weighted by molar-refractivity contribution is 5.75. The van der Waals surface area contributed by atoms with Crippen LogP contribution >= 0.6 is 0 Å². The predicted molar refractivity (Wildman–Crippen MR) is 84.6 cm³/mol. The van der Waals surface area contributed by atoms with Crippen LogP contribution in [-0.2, 0) is 11.2 Å². The summed E-state index contributed by atoms with van der Waals surface area (Å²) in [6, 6.07) is 6.66. The number of nitrogens with one attached hydrogen (secondary N) is 2. The maximum atomic E-state index is 11.8. The van der Waals surface area contributed by atoms with E-state index in [0.717, 1.165) is 32.4 Å². The summed E-state index contributed by atoms with van der Waals surface area (Å²) in [5, 5.41) is 17.1. The summed E-state index contributed by atoms with van der Waals surface area (Å²) in [5.74, 6) is 0.680. The summed E-state index contributed by atoms with van der Waals surface area (Å²) in [5.41, 5.74) is 0.776. The number of carbonyl (C=O) groups excluding carboxylic acids is 1. The van der Waals surface area contributed by atoms with Crippen molar-refractivity contribution in [2.24, 2.45) is 5.92 Å². The molecule has 1 saturated heterocycles. The van der Waals surface area contributed by atoms with Crippen molar-refractivity contribution in [3.05, 3.63) is 39.9 Å². The minimum Gasteiger partial charge on any atom is -0.356 e. The van der Waals surface area contributed by atoms with Gasteiger partial charge in [-0.05, 0) is 44.7 Å². The second-order valence-corrected chi connectivity index (χ2v) is 5.72. The van der Waals surface area contributed by atoms with E-state index in [2.05, 4.69) is 10.6 Å². The molecule has 6 nitrogen and oxygen atoms in total. The zero-order chi connectivity index (χ0) is 15.8. The Labute approximate surface area is 130 Å². The van der Waals surface area contributed by atoms with Crippen LogP contribution in [0.3, 0.4) is 0 Å². The maximum absolute atomic E-state index is 11.8. The third-order valence-corrected chi connectivity index (χ3v) is 4.14. The number of nitro groups is 1. The highest BCUT2D eigenvalue weighted by atomic mass is 16.6. The van der Waals surface area contributed by atoms with Crippen molar-refractivity contribution < 1.29 is 9.72 Å². The molecule has 0 radical (unpaired) electrons. The lowest BCUT2D eigenvalue weighted by atomic mass is 9.93. The van der Waals surface area contributed by atoms with Crippen molar-refractivity contribution in [1.82, 2.24) is 10.6 Å². The average molecular weight is 305 g/mol. The standard InChI is InChI=1S/C16H23N3O3/c20-16(6-5-13-7-10-17-11-8-13)18-12-9-14-3-1-2-4-15(14)19(21)22/h1-4,13,17H,5-12H2,(H,18,20). The zero-order valence-corrected chi connectivity index (χ0v) is 12.7. The van der Waals surface area contributed by atoms with Gasteiger partial charge in [-0.3, -0.25) is 14.9 Å². The Morgan fingerprint density at radius 1 is 1.32 bits per heavy atom. The third-order valence-electron chi connectivity index (χ3n) is 4.14. The van der Waals surface area contributed by atoms with Gasteiger partial charge in [0.2, 0.25) is 5.91 Å². The van der Waals surface area contributed by atoms with Gasteiger partial charge in [-0.2, -0.15) is 0 Å². The second-order valence-electron chi connectivity index (χ2n) is 5.72. The van der Waals surface area contributed by atoms with Crippen molar-refractivity contribution in [3.8, 4) is 0 Å². The first kappa shape index (κ1) is 16.4. The molecule has 0 spiro atoms. The van der Waals surface area contributed by atoms with E-state index in [0.29, 0.717) is 30.9 Å². The molecule has 120 valence electrons. The second kappa shape index (κ2) is 8.48. The molecule has 1 amide bonds. The Morgan fingerprint density at radius 3 is 2.77 bits per heavy atom. The molecule has 2 N–H and O–H groups in total. The Hall–Kier alpha value is -1.95. The monoisotopic (exact) mass is 305 g/mol. The van der Waals surface area contributed by atoms with Crippen molar-refractivity contribution in [1.29, 1.82) is 0 Å². The van der Waals surface area contributed by atoms with Crippen LogP contribution in [0.4, 0.5) is 5.69 Å². The lowest BCUT2D eigenvalue weighted by Crippen LogP contribution is -2.30. The molecule has 22 heavy (non-hydrogen) atoms. The Kier molecular flexibility index (Phi) is 6.33. The number of benzene rings is 1. The van der Waals surface area contributed by atoms with Gasteiger partial charge in [0.1, 0.15) is 0 Å². The molecule has 0 aliphatic carbocycles. The first-order valence-corrected chi connectivity index (χ1v) is 7.86. The fourth-order valence-corrected chi connectivity index (χ4v) is 2.83. The molecule has 0 saturated carbocycles. The normalized spacial score (nSPS) is 15.5. The first-order chi connectivity index (χ1) is 10.7. The van der Waals surface area contributed by atoms with Gasteiger partial charge in [0, 0.05) is 24.6 Å². The summed E-state index contributed by atoms with van der Waals surface area (Å²) in [6.45, 7) is 2.53. The number of hydrogen-bond donors (Lipinski definition) is 2. The number of para-hydroxylation sites is 1. The summed E-state index contributed by atoms with van der Waals surface area (Å²) in [7, 11) is 0. The number of nitrogens with zero attached hydrogens (tertiary/aromatic N) is 1. The number of hydrogen-bond acceptors (Lipinski definition) is 4. The van der Waals surface area contributed by atoms with Crippen LogP contribution < -0.4 is 10.6 Å². The minimum atomic E-state index is -0.381. The molecule has 1 fully saturated rings. The Bertz CT molecular complexity index is 513. The maximum Gasteiger partial charge on any atom is 0.272 e. The fraction of sp³-hybridized carbons (Fsp3) is 0.562. The summed E-state index contributed by atoms with van der Waals surface area (Å²) in [6.07, 6.45) is 4.24. The lowest BCUT2D eigenvalue weighted by molar-refractivity contribution is -0.385. The van der Waals surface area contributed by atoms with Crippen molar-refractivity contribution in [2.75, 3.05) is 19.6 Å². The van der Waals surface area contributed by atoms with Crippen LogP contribution in [0.25, 0.3) is 0 Å². The van der Waals surface area contributed by atoms with E-state index in [9.17, 15) is 14.9 Å². The van der Waals surface area contributed by atoms with Gasteiger partial charge in [0.25, 0.3) is 5.69 Å². The molecule has 1 aliphatic rings. The quantitative estimate of drug-likeness (QED) is 0.596. The third kappa shape index (κ3) is 5.11. The van der Waals surface area contributed by atoms with Crippen LogP contribution in [0.15, 0.2) is 24.3 Å². The molecule has 0 atom stereocenters. The minimum absolute atomic E-state index is 0.0390. The van der Waals surface area contributed by atoms with Crippen LogP contribution in [0, 0.1) is 16.0 Å². The first-order valence-electron chi connectivity index (χ1n) is 7.86. The van der Waals surface area contributed by atoms with Crippen LogP contribution in [0.2, 0.25) is 0 Å². The van der Waals surface area contributed by atoms with E-state index in [1.807, 2.05) is 0 Å². The molecule has 2 rings (SSSR count). The van der Waals surface area contributed by atoms with E-state index < -0.39 is 0 Å². The molecule has 1 aliphatic heterocycles. The topological polar surface area (TPSA) is 84.3 Å². The molecule has 6 heteroatoms. The van der Waals surface area contributed by atoms with E-state index in [1.54, 1.807) is 18.2 Å². The molecule has 1 aromatic rings. The molecular weight excluding hydrogens is 282 g/mol. The molecule has 1 aromatic carbocycles. The van der Waals surface area contributed by atoms with Crippen LogP contribution in [0.1, 0.15) is 31.2 Å². The fourth-order valence-electron chi connectivity index (χ4n) is 2.83. The number of amides is 1. The molecule has 0 bridgehead atoms. The van der Waals surface area contributed by atoms with Crippen LogP contribution in [0.5, 0.6) is 0 Å². The lowest BCUT2D eigenvalue weighted by Gasteiger charge is -2.22. The molecule has 0 unspecified atom stereocenters. The van der Waals surface area contributed by atoms with Gasteiger partial charge in [-0.15, -0.1) is 0 Å². The largest absolute Gasteiger partial charge is 0.356 e. The van der Waals surface area contributed by atoms with Crippen molar-refractivity contribution >= 4 is 11.6 Å². The van der Waals surface area contributed by atoms with E-state index in [4.69, 9.17) is 0 Å².